The van der Waals surface area contributed by atoms with Gasteiger partial charge in [0, 0.05) is 6.66 Å². The summed E-state index contributed by atoms with van der Waals surface area (Å²) >= 11 is 0. The fourth-order valence-electron chi connectivity index (χ4n) is 2.25. The van der Waals surface area contributed by atoms with Gasteiger partial charge in [0.1, 0.15) is 0 Å². The summed E-state index contributed by atoms with van der Waals surface area (Å²) in [5, 5.41) is 9.15. The van der Waals surface area contributed by atoms with Gasteiger partial charge in [-0.3, -0.25) is 4.79 Å². The minimum Gasteiger partial charge on any atom is -0.478 e. The van der Waals surface area contributed by atoms with Gasteiger partial charge in [-0.15, -0.1) is 0 Å². The number of carboxylic acid groups (broad SMARTS) is 1. The Morgan fingerprint density at radius 3 is 2.64 bits per heavy atom. The molecule has 1 aliphatic heterocycles. The van der Waals surface area contributed by atoms with Crippen molar-refractivity contribution < 1.29 is 28.5 Å². The number of carbonyl (C=O) groups excluding carboxylic acids is 1. The minimum atomic E-state index is -1.17. The average Bonchev–Trinajstić information content (AvgIpc) is 2.84. The van der Waals surface area contributed by atoms with Gasteiger partial charge in [-0.05, 0) is 25.0 Å². The van der Waals surface area contributed by atoms with E-state index in [2.05, 4.69) is 0 Å². The van der Waals surface area contributed by atoms with E-state index in [1.165, 1.54) is 12.1 Å². The number of carboxylic acids is 1. The molecule has 0 amide bonds. The van der Waals surface area contributed by atoms with Crippen molar-refractivity contribution in [3.8, 4) is 17.2 Å². The lowest BCUT2D eigenvalue weighted by atomic mass is 10.0. The molecule has 7 heteroatoms. The third kappa shape index (κ3) is 3.50. The monoisotopic (exact) mass is 326 g/mol. The SMILES string of the molecule is CCCC(CC)C(=O)Oc1cc(C(=O)O)cc2c1OP(C)O2. The molecule has 0 aromatic heterocycles. The largest absolute Gasteiger partial charge is 0.478 e. The molecule has 0 spiro atoms. The molecule has 1 N–H and O–H groups in total. The standard InChI is InChI=1S/C15H19O6P/c1-4-6-9(5-2)15(18)19-11-7-10(14(16)17)8-12-13(11)21-22(3)20-12/h7-9H,4-6H2,1-3H3,(H,16,17). The zero-order valence-corrected chi connectivity index (χ0v) is 13.7. The lowest BCUT2D eigenvalue weighted by Crippen LogP contribution is -2.20. The molecule has 0 saturated heterocycles. The van der Waals surface area contributed by atoms with Crippen LogP contribution in [0.1, 0.15) is 43.5 Å². The van der Waals surface area contributed by atoms with E-state index in [9.17, 15) is 9.59 Å². The Balaban J connectivity index is 2.30. The molecular formula is C15H19O6P. The predicted molar refractivity (Wildman–Crippen MR) is 81.8 cm³/mol. The van der Waals surface area contributed by atoms with Gasteiger partial charge >= 0.3 is 11.9 Å². The molecule has 1 aromatic carbocycles. The van der Waals surface area contributed by atoms with Crippen LogP contribution in [0.5, 0.6) is 17.2 Å². The number of ether oxygens (including phenoxy) is 1. The molecule has 1 heterocycles. The Morgan fingerprint density at radius 1 is 1.32 bits per heavy atom. The van der Waals surface area contributed by atoms with Gasteiger partial charge in [-0.1, -0.05) is 20.3 Å². The van der Waals surface area contributed by atoms with Crippen molar-refractivity contribution in [1.82, 2.24) is 0 Å². The molecule has 1 aromatic rings. The summed E-state index contributed by atoms with van der Waals surface area (Å²) in [6.07, 6.45) is 2.28. The van der Waals surface area contributed by atoms with E-state index in [1.807, 2.05) is 13.8 Å². The van der Waals surface area contributed by atoms with Crippen molar-refractivity contribution in [2.45, 2.75) is 33.1 Å². The summed E-state index contributed by atoms with van der Waals surface area (Å²) in [5.74, 6) is -0.972. The number of aromatic carboxylic acids is 1. The maximum Gasteiger partial charge on any atom is 0.335 e. The van der Waals surface area contributed by atoms with Crippen LogP contribution in [0, 0.1) is 5.92 Å². The molecule has 2 unspecified atom stereocenters. The fourth-order valence-corrected chi connectivity index (χ4v) is 3.14. The van der Waals surface area contributed by atoms with Crippen molar-refractivity contribution in [3.05, 3.63) is 17.7 Å². The maximum absolute atomic E-state index is 12.2. The van der Waals surface area contributed by atoms with Crippen molar-refractivity contribution >= 4 is 20.3 Å². The quantitative estimate of drug-likeness (QED) is 0.486. The van der Waals surface area contributed by atoms with Crippen molar-refractivity contribution in [2.75, 3.05) is 6.66 Å². The molecular weight excluding hydrogens is 307 g/mol. The highest BCUT2D eigenvalue weighted by Crippen LogP contribution is 2.54. The first-order valence-electron chi connectivity index (χ1n) is 7.18. The first-order valence-corrected chi connectivity index (χ1v) is 8.81. The van der Waals surface area contributed by atoms with Gasteiger partial charge in [0.05, 0.1) is 11.5 Å². The second-order valence-electron chi connectivity index (χ2n) is 5.04. The van der Waals surface area contributed by atoms with E-state index in [4.69, 9.17) is 18.9 Å². The molecule has 1 aliphatic rings. The van der Waals surface area contributed by atoms with Crippen molar-refractivity contribution in [2.24, 2.45) is 5.92 Å². The minimum absolute atomic E-state index is 0.000935. The number of fused-ring (bicyclic) bond motifs is 1. The van der Waals surface area contributed by atoms with Gasteiger partial charge < -0.3 is 18.9 Å². The summed E-state index contributed by atoms with van der Waals surface area (Å²) in [5.41, 5.74) is -0.000935. The second-order valence-corrected chi connectivity index (χ2v) is 6.29. The first kappa shape index (κ1) is 16.6. The number of hydrogen-bond donors (Lipinski definition) is 1. The average molecular weight is 326 g/mol. The molecule has 0 radical (unpaired) electrons. The summed E-state index contributed by atoms with van der Waals surface area (Å²) in [7, 11) is -1.17. The summed E-state index contributed by atoms with van der Waals surface area (Å²) in [6, 6.07) is 2.68. The smallest absolute Gasteiger partial charge is 0.335 e. The highest BCUT2D eigenvalue weighted by atomic mass is 31.2. The molecule has 0 aliphatic carbocycles. The van der Waals surface area contributed by atoms with Crippen LogP contribution in [-0.2, 0) is 4.79 Å². The lowest BCUT2D eigenvalue weighted by Gasteiger charge is -2.14. The fraction of sp³-hybridized carbons (Fsp3) is 0.467. The van der Waals surface area contributed by atoms with Crippen LogP contribution in [0.15, 0.2) is 12.1 Å². The van der Waals surface area contributed by atoms with E-state index in [0.717, 1.165) is 12.8 Å². The molecule has 0 fully saturated rings. The molecule has 120 valence electrons. The Bertz CT molecular complexity index is 586. The van der Waals surface area contributed by atoms with Crippen LogP contribution in [0.25, 0.3) is 0 Å². The van der Waals surface area contributed by atoms with Crippen molar-refractivity contribution in [3.63, 3.8) is 0 Å². The topological polar surface area (TPSA) is 82.1 Å². The van der Waals surface area contributed by atoms with E-state index >= 15 is 0 Å². The summed E-state index contributed by atoms with van der Waals surface area (Å²) < 4.78 is 16.4. The summed E-state index contributed by atoms with van der Waals surface area (Å²) in [6.45, 7) is 5.66. The number of hydrogen-bond acceptors (Lipinski definition) is 5. The Kier molecular flexibility index (Phi) is 5.24. The number of esters is 1. The van der Waals surface area contributed by atoms with Crippen LogP contribution in [-0.4, -0.2) is 23.7 Å². The maximum atomic E-state index is 12.2. The number of carbonyl (C=O) groups is 2. The molecule has 22 heavy (non-hydrogen) atoms. The molecule has 0 saturated carbocycles. The van der Waals surface area contributed by atoms with Crippen LogP contribution < -0.4 is 13.8 Å². The third-order valence-electron chi connectivity index (χ3n) is 3.39. The third-order valence-corrected chi connectivity index (χ3v) is 4.28. The van der Waals surface area contributed by atoms with Crippen LogP contribution >= 0.6 is 8.38 Å². The number of rotatable bonds is 6. The van der Waals surface area contributed by atoms with Crippen LogP contribution in [0.2, 0.25) is 0 Å². The Morgan fingerprint density at radius 2 is 2.05 bits per heavy atom. The van der Waals surface area contributed by atoms with Gasteiger partial charge in [0.2, 0.25) is 5.75 Å². The van der Waals surface area contributed by atoms with Gasteiger partial charge in [-0.2, -0.15) is 0 Å². The van der Waals surface area contributed by atoms with E-state index in [0.29, 0.717) is 17.9 Å². The Labute approximate surface area is 130 Å². The van der Waals surface area contributed by atoms with Crippen molar-refractivity contribution in [1.29, 1.82) is 0 Å². The molecule has 6 nitrogen and oxygen atoms in total. The Hall–Kier alpha value is -1.81. The van der Waals surface area contributed by atoms with Crippen LogP contribution in [0.3, 0.4) is 0 Å². The molecule has 2 rings (SSSR count). The van der Waals surface area contributed by atoms with Crippen LogP contribution in [0.4, 0.5) is 0 Å². The first-order chi connectivity index (χ1) is 10.5. The number of benzene rings is 1. The lowest BCUT2D eigenvalue weighted by molar-refractivity contribution is -0.139. The molecule has 0 bridgehead atoms. The van der Waals surface area contributed by atoms with Gasteiger partial charge in [0.25, 0.3) is 8.38 Å². The van der Waals surface area contributed by atoms with E-state index < -0.39 is 14.3 Å². The zero-order chi connectivity index (χ0) is 16.3. The van der Waals surface area contributed by atoms with Gasteiger partial charge in [0.15, 0.2) is 11.5 Å². The predicted octanol–water partition coefficient (Wildman–Crippen LogP) is 3.83. The van der Waals surface area contributed by atoms with Gasteiger partial charge in [-0.25, -0.2) is 4.79 Å². The highest BCUT2D eigenvalue weighted by molar-refractivity contribution is 7.47. The summed E-state index contributed by atoms with van der Waals surface area (Å²) in [4.78, 5) is 23.4. The zero-order valence-electron chi connectivity index (χ0n) is 12.8. The van der Waals surface area contributed by atoms with E-state index in [1.54, 1.807) is 6.66 Å². The molecule has 2 atom stereocenters. The second kappa shape index (κ2) is 6.97. The van der Waals surface area contributed by atoms with E-state index in [-0.39, 0.29) is 23.2 Å². The normalized spacial score (nSPS) is 17.1. The highest BCUT2D eigenvalue weighted by Gasteiger charge is 2.30.